The van der Waals surface area contributed by atoms with Crippen LogP contribution >= 0.6 is 0 Å². The number of aromatic nitrogens is 2. The van der Waals surface area contributed by atoms with E-state index < -0.39 is 0 Å². The highest BCUT2D eigenvalue weighted by Gasteiger charge is 2.29. The van der Waals surface area contributed by atoms with Gasteiger partial charge in [0.1, 0.15) is 17.5 Å². The van der Waals surface area contributed by atoms with Crippen LogP contribution in [0.1, 0.15) is 38.4 Å². The van der Waals surface area contributed by atoms with E-state index in [1.807, 2.05) is 13.1 Å². The van der Waals surface area contributed by atoms with Crippen molar-refractivity contribution >= 4 is 11.6 Å². The van der Waals surface area contributed by atoms with Crippen molar-refractivity contribution in [2.45, 2.75) is 44.8 Å². The molecule has 2 aliphatic rings. The lowest BCUT2D eigenvalue weighted by atomic mass is 10.2. The molecule has 0 unspecified atom stereocenters. The topological polar surface area (TPSA) is 50.3 Å². The molecule has 1 aromatic rings. The number of nitrogens with zero attached hydrogens (tertiary/aromatic N) is 3. The summed E-state index contributed by atoms with van der Waals surface area (Å²) in [5.41, 5.74) is 0. The van der Waals surface area contributed by atoms with Crippen LogP contribution in [0.3, 0.4) is 0 Å². The first-order valence-corrected chi connectivity index (χ1v) is 7.13. The summed E-state index contributed by atoms with van der Waals surface area (Å²) in [7, 11) is 1.91. The Balaban J connectivity index is 1.87. The van der Waals surface area contributed by atoms with E-state index in [1.54, 1.807) is 0 Å². The maximum atomic E-state index is 5.78. The van der Waals surface area contributed by atoms with Crippen LogP contribution in [0, 0.1) is 0 Å². The number of hydrogen-bond donors (Lipinski definition) is 1. The van der Waals surface area contributed by atoms with Crippen LogP contribution in [0.2, 0.25) is 0 Å². The molecule has 3 rings (SSSR count). The second-order valence-electron chi connectivity index (χ2n) is 5.66. The van der Waals surface area contributed by atoms with Gasteiger partial charge in [0.2, 0.25) is 0 Å². The molecule has 2 fully saturated rings. The van der Waals surface area contributed by atoms with Gasteiger partial charge in [-0.2, -0.15) is 0 Å². The Morgan fingerprint density at radius 3 is 2.47 bits per heavy atom. The van der Waals surface area contributed by atoms with Gasteiger partial charge in [-0.15, -0.1) is 0 Å². The molecular weight excluding hydrogens is 240 g/mol. The van der Waals surface area contributed by atoms with Crippen molar-refractivity contribution in [1.29, 1.82) is 0 Å². The molecule has 0 bridgehead atoms. The summed E-state index contributed by atoms with van der Waals surface area (Å²) in [6, 6.07) is 2.04. The predicted octanol–water partition coefficient (Wildman–Crippen LogP) is 2.01. The number of anilines is 2. The van der Waals surface area contributed by atoms with E-state index in [2.05, 4.69) is 29.0 Å². The lowest BCUT2D eigenvalue weighted by Gasteiger charge is -2.36. The van der Waals surface area contributed by atoms with Gasteiger partial charge in [-0.3, -0.25) is 0 Å². The molecule has 1 aliphatic heterocycles. The van der Waals surface area contributed by atoms with E-state index in [1.165, 1.54) is 12.8 Å². The number of hydrogen-bond acceptors (Lipinski definition) is 5. The van der Waals surface area contributed by atoms with E-state index in [-0.39, 0.29) is 12.2 Å². The van der Waals surface area contributed by atoms with Crippen LogP contribution in [0.15, 0.2) is 6.07 Å². The molecule has 1 saturated carbocycles. The molecule has 0 spiro atoms. The molecule has 0 aromatic carbocycles. The summed E-state index contributed by atoms with van der Waals surface area (Å²) in [6.45, 7) is 6.03. The average molecular weight is 262 g/mol. The molecule has 1 N–H and O–H groups in total. The number of ether oxygens (including phenoxy) is 1. The zero-order valence-electron chi connectivity index (χ0n) is 11.9. The van der Waals surface area contributed by atoms with Gasteiger partial charge in [0, 0.05) is 32.1 Å². The highest BCUT2D eigenvalue weighted by Crippen LogP contribution is 2.39. The third kappa shape index (κ3) is 2.81. The van der Waals surface area contributed by atoms with Crippen LogP contribution in [0.5, 0.6) is 0 Å². The van der Waals surface area contributed by atoms with Gasteiger partial charge in [0.25, 0.3) is 0 Å². The maximum absolute atomic E-state index is 5.78. The molecule has 1 aliphatic carbocycles. The lowest BCUT2D eigenvalue weighted by molar-refractivity contribution is -0.00547. The summed E-state index contributed by atoms with van der Waals surface area (Å²) < 4.78 is 5.78. The Morgan fingerprint density at radius 2 is 1.89 bits per heavy atom. The van der Waals surface area contributed by atoms with Crippen LogP contribution in [-0.2, 0) is 4.74 Å². The Morgan fingerprint density at radius 1 is 1.21 bits per heavy atom. The smallest absolute Gasteiger partial charge is 0.136 e. The molecule has 2 heterocycles. The largest absolute Gasteiger partial charge is 0.373 e. The van der Waals surface area contributed by atoms with Gasteiger partial charge in [0.05, 0.1) is 12.2 Å². The van der Waals surface area contributed by atoms with Gasteiger partial charge in [-0.25, -0.2) is 9.97 Å². The lowest BCUT2D eigenvalue weighted by Crippen LogP contribution is -2.46. The Bertz CT molecular complexity index is 451. The van der Waals surface area contributed by atoms with Crippen molar-refractivity contribution in [3.63, 3.8) is 0 Å². The first kappa shape index (κ1) is 12.7. The fourth-order valence-corrected chi connectivity index (χ4v) is 2.63. The summed E-state index contributed by atoms with van der Waals surface area (Å²) in [4.78, 5) is 11.6. The van der Waals surface area contributed by atoms with Crippen LogP contribution in [0.4, 0.5) is 11.6 Å². The van der Waals surface area contributed by atoms with E-state index in [0.717, 1.165) is 30.5 Å². The molecule has 1 aromatic heterocycles. The molecule has 5 heteroatoms. The molecular formula is C14H22N4O. The van der Waals surface area contributed by atoms with Crippen LogP contribution < -0.4 is 10.2 Å². The number of nitrogens with one attached hydrogen (secondary N) is 1. The zero-order valence-corrected chi connectivity index (χ0v) is 11.9. The fraction of sp³-hybridized carbons (Fsp3) is 0.714. The Labute approximate surface area is 114 Å². The van der Waals surface area contributed by atoms with Gasteiger partial charge in [0.15, 0.2) is 0 Å². The average Bonchev–Trinajstić information content (AvgIpc) is 3.21. The van der Waals surface area contributed by atoms with E-state index >= 15 is 0 Å². The fourth-order valence-electron chi connectivity index (χ4n) is 2.63. The molecule has 19 heavy (non-hydrogen) atoms. The third-order valence-corrected chi connectivity index (χ3v) is 3.67. The Kier molecular flexibility index (Phi) is 3.31. The SMILES string of the molecule is CNc1cc(N2C[C@@H](C)O[C@@H](C)C2)nc(C2CC2)n1. The number of rotatable bonds is 3. The standard InChI is InChI=1S/C14H22N4O/c1-9-7-18(8-10(2)19-9)13-6-12(15-3)16-14(17-13)11-4-5-11/h6,9-11H,4-5,7-8H2,1-3H3,(H,15,16,17)/t9-,10+. The minimum absolute atomic E-state index is 0.251. The molecule has 0 amide bonds. The normalized spacial score (nSPS) is 27.4. The Hall–Kier alpha value is -1.36. The van der Waals surface area contributed by atoms with Crippen LogP contribution in [-0.4, -0.2) is 42.3 Å². The minimum Gasteiger partial charge on any atom is -0.373 e. The van der Waals surface area contributed by atoms with Crippen molar-refractivity contribution in [3.8, 4) is 0 Å². The highest BCUT2D eigenvalue weighted by molar-refractivity contribution is 5.50. The van der Waals surface area contributed by atoms with Crippen molar-refractivity contribution in [2.24, 2.45) is 0 Å². The predicted molar refractivity (Wildman–Crippen MR) is 75.8 cm³/mol. The first-order valence-electron chi connectivity index (χ1n) is 7.13. The second-order valence-corrected chi connectivity index (χ2v) is 5.66. The first-order chi connectivity index (χ1) is 9.15. The highest BCUT2D eigenvalue weighted by atomic mass is 16.5. The summed E-state index contributed by atoms with van der Waals surface area (Å²) >= 11 is 0. The van der Waals surface area contributed by atoms with Crippen LogP contribution in [0.25, 0.3) is 0 Å². The summed E-state index contributed by atoms with van der Waals surface area (Å²) in [6.07, 6.45) is 2.95. The van der Waals surface area contributed by atoms with E-state index in [4.69, 9.17) is 9.72 Å². The van der Waals surface area contributed by atoms with Gasteiger partial charge >= 0.3 is 0 Å². The minimum atomic E-state index is 0.251. The summed E-state index contributed by atoms with van der Waals surface area (Å²) in [5, 5.41) is 3.14. The molecule has 2 atom stereocenters. The zero-order chi connectivity index (χ0) is 13.4. The van der Waals surface area contributed by atoms with Crippen molar-refractivity contribution in [1.82, 2.24) is 9.97 Å². The third-order valence-electron chi connectivity index (χ3n) is 3.67. The van der Waals surface area contributed by atoms with E-state index in [9.17, 15) is 0 Å². The second kappa shape index (κ2) is 4.96. The van der Waals surface area contributed by atoms with Crippen molar-refractivity contribution in [3.05, 3.63) is 11.9 Å². The molecule has 1 saturated heterocycles. The molecule has 5 nitrogen and oxygen atoms in total. The van der Waals surface area contributed by atoms with E-state index in [0.29, 0.717) is 5.92 Å². The van der Waals surface area contributed by atoms with Crippen molar-refractivity contribution < 1.29 is 4.74 Å². The molecule has 104 valence electrons. The van der Waals surface area contributed by atoms with Gasteiger partial charge in [-0.1, -0.05) is 0 Å². The quantitative estimate of drug-likeness (QED) is 0.903. The maximum Gasteiger partial charge on any atom is 0.136 e. The monoisotopic (exact) mass is 262 g/mol. The van der Waals surface area contributed by atoms with Gasteiger partial charge < -0.3 is 15.0 Å². The number of morpholine rings is 1. The van der Waals surface area contributed by atoms with Gasteiger partial charge in [-0.05, 0) is 26.7 Å². The molecule has 0 radical (unpaired) electrons. The summed E-state index contributed by atoms with van der Waals surface area (Å²) in [5.74, 6) is 3.51. The van der Waals surface area contributed by atoms with Crippen molar-refractivity contribution in [2.75, 3.05) is 30.4 Å².